The molecule has 3 unspecified atom stereocenters. The van der Waals surface area contributed by atoms with E-state index in [1.54, 1.807) is 12.1 Å². The Morgan fingerprint density at radius 3 is 2.62 bits per heavy atom. The molecule has 3 aromatic rings. The molecule has 2 heterocycles. The minimum atomic E-state index is -0.850. The molecule has 6 nitrogen and oxygen atoms in total. The first-order chi connectivity index (χ1) is 18.9. The number of carboxylic acid groups (broad SMARTS) is 1. The van der Waals surface area contributed by atoms with Crippen molar-refractivity contribution in [2.45, 2.75) is 51.6 Å². The van der Waals surface area contributed by atoms with Gasteiger partial charge in [0.1, 0.15) is 29.2 Å². The summed E-state index contributed by atoms with van der Waals surface area (Å²) in [4.78, 5) is 11.2. The summed E-state index contributed by atoms with van der Waals surface area (Å²) in [6, 6.07) is 13.0. The monoisotopic (exact) mass is 532 g/mol. The first-order valence-electron chi connectivity index (χ1n) is 13.7. The largest absolute Gasteiger partial charge is 0.493 e. The normalized spacial score (nSPS) is 21.4. The van der Waals surface area contributed by atoms with E-state index in [4.69, 9.17) is 24.1 Å². The maximum Gasteiger partial charge on any atom is 0.304 e. The van der Waals surface area contributed by atoms with Crippen LogP contribution in [0, 0.1) is 25.6 Å². The number of benzene rings is 3. The van der Waals surface area contributed by atoms with Crippen molar-refractivity contribution >= 4 is 5.97 Å². The van der Waals surface area contributed by atoms with Crippen LogP contribution in [0.1, 0.15) is 59.1 Å². The molecule has 0 saturated carbocycles. The SMILES string of the molecule is Cc1cc(OCC2CCOC2)cc(C)c1-c1ccc(F)c2c1CCC2Oc1ccc2c(c1)OCC2CC(=O)O. The highest BCUT2D eigenvalue weighted by Crippen LogP contribution is 2.45. The Labute approximate surface area is 227 Å². The fraction of sp³-hybridized carbons (Fsp3) is 0.406. The van der Waals surface area contributed by atoms with Gasteiger partial charge in [0.05, 0.1) is 26.2 Å². The van der Waals surface area contributed by atoms with Gasteiger partial charge in [-0.1, -0.05) is 12.1 Å². The lowest BCUT2D eigenvalue weighted by atomic mass is 9.90. The summed E-state index contributed by atoms with van der Waals surface area (Å²) in [7, 11) is 0. The third kappa shape index (κ3) is 5.08. The molecule has 3 aromatic carbocycles. The van der Waals surface area contributed by atoms with Gasteiger partial charge in [0.15, 0.2) is 0 Å². The lowest BCUT2D eigenvalue weighted by Crippen LogP contribution is -2.12. The van der Waals surface area contributed by atoms with Gasteiger partial charge in [0.2, 0.25) is 0 Å². The summed E-state index contributed by atoms with van der Waals surface area (Å²) >= 11 is 0. The fourth-order valence-corrected chi connectivity index (χ4v) is 6.26. The van der Waals surface area contributed by atoms with E-state index in [0.29, 0.717) is 49.0 Å². The molecule has 0 radical (unpaired) electrons. The molecule has 0 spiro atoms. The molecule has 1 aliphatic carbocycles. The molecular formula is C32H33FO6. The highest BCUT2D eigenvalue weighted by atomic mass is 19.1. The van der Waals surface area contributed by atoms with Crippen molar-refractivity contribution in [2.75, 3.05) is 26.4 Å². The van der Waals surface area contributed by atoms with Crippen molar-refractivity contribution in [1.29, 1.82) is 0 Å². The predicted molar refractivity (Wildman–Crippen MR) is 144 cm³/mol. The molecule has 39 heavy (non-hydrogen) atoms. The van der Waals surface area contributed by atoms with Crippen molar-refractivity contribution < 1.29 is 33.2 Å². The second-order valence-corrected chi connectivity index (χ2v) is 10.9. The van der Waals surface area contributed by atoms with E-state index in [2.05, 4.69) is 26.0 Å². The average Bonchev–Trinajstić information content (AvgIpc) is 3.65. The number of carbonyl (C=O) groups is 1. The van der Waals surface area contributed by atoms with Crippen LogP contribution in [-0.2, 0) is 16.0 Å². The third-order valence-electron chi connectivity index (χ3n) is 8.13. The Hall–Kier alpha value is -3.58. The molecule has 0 bridgehead atoms. The van der Waals surface area contributed by atoms with Gasteiger partial charge in [-0.2, -0.15) is 0 Å². The lowest BCUT2D eigenvalue weighted by molar-refractivity contribution is -0.137. The Kier molecular flexibility index (Phi) is 6.94. The topological polar surface area (TPSA) is 74.2 Å². The average molecular weight is 533 g/mol. The molecule has 0 amide bonds. The number of hydrogen-bond acceptors (Lipinski definition) is 5. The van der Waals surface area contributed by atoms with Gasteiger partial charge in [0.25, 0.3) is 0 Å². The molecule has 3 atom stereocenters. The van der Waals surface area contributed by atoms with Crippen LogP contribution in [0.5, 0.6) is 17.2 Å². The van der Waals surface area contributed by atoms with E-state index < -0.39 is 12.1 Å². The Morgan fingerprint density at radius 2 is 1.87 bits per heavy atom. The van der Waals surface area contributed by atoms with E-state index in [1.165, 1.54) is 0 Å². The summed E-state index contributed by atoms with van der Waals surface area (Å²) in [6.45, 7) is 6.71. The number of hydrogen-bond donors (Lipinski definition) is 1. The third-order valence-corrected chi connectivity index (χ3v) is 8.13. The highest BCUT2D eigenvalue weighted by molar-refractivity contribution is 5.76. The van der Waals surface area contributed by atoms with E-state index in [1.807, 2.05) is 18.2 Å². The standard InChI is InChI=1S/C32H33FO6/c1-18-11-23(37-16-20-9-10-36-15-20)12-19(2)31(18)25-5-7-27(33)32-26(25)6-8-28(32)39-22-3-4-24-21(13-30(34)35)17-38-29(24)14-22/h3-5,7,11-12,14,20-21,28H,6,8-10,13,15-17H2,1-2H3,(H,34,35). The van der Waals surface area contributed by atoms with E-state index in [-0.39, 0.29) is 18.2 Å². The zero-order valence-corrected chi connectivity index (χ0v) is 22.3. The summed E-state index contributed by atoms with van der Waals surface area (Å²) in [5.41, 5.74) is 6.81. The summed E-state index contributed by atoms with van der Waals surface area (Å²) in [5.74, 6) is 1.24. The molecule has 1 N–H and O–H groups in total. The Balaban J connectivity index is 1.24. The zero-order chi connectivity index (χ0) is 27.1. The van der Waals surface area contributed by atoms with Crippen LogP contribution < -0.4 is 14.2 Å². The smallest absolute Gasteiger partial charge is 0.304 e. The molecule has 3 aliphatic rings. The first kappa shape index (κ1) is 25.7. The van der Waals surface area contributed by atoms with Crippen molar-refractivity contribution in [1.82, 2.24) is 0 Å². The molecule has 204 valence electrons. The minimum Gasteiger partial charge on any atom is -0.493 e. The van der Waals surface area contributed by atoms with Crippen molar-refractivity contribution in [3.63, 3.8) is 0 Å². The van der Waals surface area contributed by atoms with Crippen molar-refractivity contribution in [2.24, 2.45) is 5.92 Å². The zero-order valence-electron chi connectivity index (χ0n) is 22.3. The first-order valence-corrected chi connectivity index (χ1v) is 13.7. The van der Waals surface area contributed by atoms with Crippen LogP contribution in [-0.4, -0.2) is 37.5 Å². The van der Waals surface area contributed by atoms with Gasteiger partial charge in [-0.25, -0.2) is 4.39 Å². The second-order valence-electron chi connectivity index (χ2n) is 10.9. The maximum atomic E-state index is 15.3. The van der Waals surface area contributed by atoms with Crippen LogP contribution in [0.2, 0.25) is 0 Å². The molecule has 2 aliphatic heterocycles. The fourth-order valence-electron chi connectivity index (χ4n) is 6.26. The molecule has 1 fully saturated rings. The number of aryl methyl sites for hydroxylation is 2. The predicted octanol–water partition coefficient (Wildman–Crippen LogP) is 6.54. The molecule has 1 saturated heterocycles. The van der Waals surface area contributed by atoms with Gasteiger partial charge < -0.3 is 24.1 Å². The highest BCUT2D eigenvalue weighted by Gasteiger charge is 2.32. The van der Waals surface area contributed by atoms with Crippen LogP contribution in [0.3, 0.4) is 0 Å². The van der Waals surface area contributed by atoms with Crippen molar-refractivity contribution in [3.8, 4) is 28.4 Å². The van der Waals surface area contributed by atoms with Gasteiger partial charge in [-0.3, -0.25) is 4.79 Å². The van der Waals surface area contributed by atoms with E-state index >= 15 is 4.39 Å². The van der Waals surface area contributed by atoms with Crippen molar-refractivity contribution in [3.05, 3.63) is 76.1 Å². The molecule has 7 heteroatoms. The molecule has 0 aromatic heterocycles. The number of fused-ring (bicyclic) bond motifs is 2. The summed E-state index contributed by atoms with van der Waals surface area (Å²) in [5, 5.41) is 9.15. The number of rotatable bonds is 8. The Bertz CT molecular complexity index is 1390. The number of ether oxygens (including phenoxy) is 4. The van der Waals surface area contributed by atoms with Crippen LogP contribution >= 0.6 is 0 Å². The number of carboxylic acids is 1. The van der Waals surface area contributed by atoms with E-state index in [9.17, 15) is 4.79 Å². The van der Waals surface area contributed by atoms with Gasteiger partial charge in [0, 0.05) is 35.6 Å². The molecule has 6 rings (SSSR count). The van der Waals surface area contributed by atoms with Crippen LogP contribution in [0.25, 0.3) is 11.1 Å². The number of aliphatic carboxylic acids is 1. The Morgan fingerprint density at radius 1 is 1.05 bits per heavy atom. The maximum absolute atomic E-state index is 15.3. The minimum absolute atomic E-state index is 0.0264. The summed E-state index contributed by atoms with van der Waals surface area (Å²) in [6.07, 6.45) is 2.04. The quantitative estimate of drug-likeness (QED) is 0.355. The van der Waals surface area contributed by atoms with Gasteiger partial charge in [-0.15, -0.1) is 0 Å². The van der Waals surface area contributed by atoms with Crippen LogP contribution in [0.15, 0.2) is 42.5 Å². The van der Waals surface area contributed by atoms with Crippen LogP contribution in [0.4, 0.5) is 4.39 Å². The van der Waals surface area contributed by atoms with Gasteiger partial charge in [-0.05, 0) is 85.2 Å². The second kappa shape index (κ2) is 10.5. The van der Waals surface area contributed by atoms with Gasteiger partial charge >= 0.3 is 5.97 Å². The van der Waals surface area contributed by atoms with E-state index in [0.717, 1.165) is 58.8 Å². The lowest BCUT2D eigenvalue weighted by Gasteiger charge is -2.19. The number of halogens is 1. The summed E-state index contributed by atoms with van der Waals surface area (Å²) < 4.78 is 38.9. The molecular weight excluding hydrogens is 499 g/mol.